The molecule has 3 atom stereocenters. The largest absolute Gasteiger partial charge is 0.336 e. The molecule has 1 heterocycles. The van der Waals surface area contributed by atoms with Gasteiger partial charge in [0.05, 0.1) is 6.04 Å². The molecule has 1 saturated heterocycles. The zero-order chi connectivity index (χ0) is 13.8. The van der Waals surface area contributed by atoms with Crippen molar-refractivity contribution in [2.24, 2.45) is 5.73 Å². The SMILES string of the molecule is CCC1CCC(C)N1C(=O)[C@H](N)Cc1ccccc1. The first-order valence-electron chi connectivity index (χ1n) is 7.25. The van der Waals surface area contributed by atoms with Crippen LogP contribution in [0.2, 0.25) is 0 Å². The van der Waals surface area contributed by atoms with Gasteiger partial charge in [-0.1, -0.05) is 37.3 Å². The van der Waals surface area contributed by atoms with Gasteiger partial charge < -0.3 is 10.6 Å². The number of hydrogen-bond acceptors (Lipinski definition) is 2. The van der Waals surface area contributed by atoms with E-state index in [0.29, 0.717) is 18.5 Å². The highest BCUT2D eigenvalue weighted by Gasteiger charge is 2.35. The Morgan fingerprint density at radius 3 is 2.68 bits per heavy atom. The van der Waals surface area contributed by atoms with E-state index in [9.17, 15) is 4.79 Å². The average Bonchev–Trinajstić information content (AvgIpc) is 2.80. The molecule has 0 radical (unpaired) electrons. The smallest absolute Gasteiger partial charge is 0.240 e. The van der Waals surface area contributed by atoms with Crippen LogP contribution in [0.3, 0.4) is 0 Å². The van der Waals surface area contributed by atoms with Gasteiger partial charge in [0.15, 0.2) is 0 Å². The molecule has 0 bridgehead atoms. The number of hydrogen-bond donors (Lipinski definition) is 1. The maximum Gasteiger partial charge on any atom is 0.240 e. The molecule has 1 aliphatic heterocycles. The lowest BCUT2D eigenvalue weighted by Gasteiger charge is -2.30. The lowest BCUT2D eigenvalue weighted by atomic mass is 10.0. The van der Waals surface area contributed by atoms with Gasteiger partial charge >= 0.3 is 0 Å². The molecule has 1 fully saturated rings. The summed E-state index contributed by atoms with van der Waals surface area (Å²) in [6.07, 6.45) is 3.86. The molecule has 2 N–H and O–H groups in total. The zero-order valence-electron chi connectivity index (χ0n) is 11.9. The lowest BCUT2D eigenvalue weighted by molar-refractivity contribution is -0.135. The molecule has 0 aliphatic carbocycles. The predicted octanol–water partition coefficient (Wildman–Crippen LogP) is 2.35. The molecule has 2 unspecified atom stereocenters. The topological polar surface area (TPSA) is 46.3 Å². The molecule has 1 aromatic carbocycles. The van der Waals surface area contributed by atoms with Crippen LogP contribution in [-0.4, -0.2) is 28.9 Å². The minimum atomic E-state index is -0.419. The second-order valence-corrected chi connectivity index (χ2v) is 5.53. The minimum Gasteiger partial charge on any atom is -0.336 e. The van der Waals surface area contributed by atoms with Crippen LogP contribution in [0.25, 0.3) is 0 Å². The molecule has 0 saturated carbocycles. The first-order chi connectivity index (χ1) is 9.13. The highest BCUT2D eigenvalue weighted by Crippen LogP contribution is 2.26. The van der Waals surface area contributed by atoms with E-state index in [4.69, 9.17) is 5.73 Å². The van der Waals surface area contributed by atoms with Crippen LogP contribution in [0.1, 0.15) is 38.7 Å². The van der Waals surface area contributed by atoms with Crippen molar-refractivity contribution in [2.75, 3.05) is 0 Å². The van der Waals surface area contributed by atoms with Crippen molar-refractivity contribution in [3.63, 3.8) is 0 Å². The second kappa shape index (κ2) is 6.20. The lowest BCUT2D eigenvalue weighted by Crippen LogP contribution is -2.49. The summed E-state index contributed by atoms with van der Waals surface area (Å²) in [7, 11) is 0. The summed E-state index contributed by atoms with van der Waals surface area (Å²) in [6.45, 7) is 4.27. The van der Waals surface area contributed by atoms with Crippen molar-refractivity contribution in [3.8, 4) is 0 Å². The van der Waals surface area contributed by atoms with E-state index in [0.717, 1.165) is 24.8 Å². The summed E-state index contributed by atoms with van der Waals surface area (Å²) in [5, 5.41) is 0. The van der Waals surface area contributed by atoms with E-state index in [1.165, 1.54) is 0 Å². The molecule has 0 aromatic heterocycles. The van der Waals surface area contributed by atoms with Gasteiger partial charge in [0, 0.05) is 12.1 Å². The van der Waals surface area contributed by atoms with Gasteiger partial charge in [-0.3, -0.25) is 4.79 Å². The number of likely N-dealkylation sites (tertiary alicyclic amines) is 1. The Balaban J connectivity index is 2.02. The maximum absolute atomic E-state index is 12.5. The number of carbonyl (C=O) groups is 1. The molecule has 1 aromatic rings. The Morgan fingerprint density at radius 1 is 1.37 bits per heavy atom. The van der Waals surface area contributed by atoms with Gasteiger partial charge in [-0.15, -0.1) is 0 Å². The van der Waals surface area contributed by atoms with Crippen molar-refractivity contribution in [3.05, 3.63) is 35.9 Å². The standard InChI is InChI=1S/C16H24N2O/c1-3-14-10-9-12(2)18(14)16(19)15(17)11-13-7-5-4-6-8-13/h4-8,12,14-15H,3,9-11,17H2,1-2H3/t12?,14?,15-/m1/s1. The van der Waals surface area contributed by atoms with Gasteiger partial charge in [0.2, 0.25) is 5.91 Å². The highest BCUT2D eigenvalue weighted by molar-refractivity contribution is 5.82. The Kier molecular flexibility index (Phi) is 4.59. The van der Waals surface area contributed by atoms with Crippen LogP contribution in [0.15, 0.2) is 30.3 Å². The third kappa shape index (κ3) is 3.16. The first-order valence-corrected chi connectivity index (χ1v) is 7.25. The molecule has 19 heavy (non-hydrogen) atoms. The third-order valence-electron chi connectivity index (χ3n) is 4.13. The maximum atomic E-state index is 12.5. The van der Waals surface area contributed by atoms with E-state index in [2.05, 4.69) is 13.8 Å². The summed E-state index contributed by atoms with van der Waals surface area (Å²) in [4.78, 5) is 14.6. The van der Waals surface area contributed by atoms with Gasteiger partial charge in [-0.25, -0.2) is 0 Å². The van der Waals surface area contributed by atoms with Crippen LogP contribution in [0.5, 0.6) is 0 Å². The Hall–Kier alpha value is -1.35. The van der Waals surface area contributed by atoms with Gasteiger partial charge in [-0.2, -0.15) is 0 Å². The van der Waals surface area contributed by atoms with Crippen molar-refractivity contribution < 1.29 is 4.79 Å². The van der Waals surface area contributed by atoms with Crippen LogP contribution < -0.4 is 5.73 Å². The fraction of sp³-hybridized carbons (Fsp3) is 0.562. The normalized spacial score (nSPS) is 24.5. The molecular formula is C16H24N2O. The molecule has 2 rings (SSSR count). The fourth-order valence-corrected chi connectivity index (χ4v) is 3.02. The summed E-state index contributed by atoms with van der Waals surface area (Å²) < 4.78 is 0. The Labute approximate surface area is 115 Å². The summed E-state index contributed by atoms with van der Waals surface area (Å²) in [6, 6.07) is 10.3. The van der Waals surface area contributed by atoms with Crippen LogP contribution in [0.4, 0.5) is 0 Å². The number of amides is 1. The molecule has 1 amide bonds. The molecule has 3 nitrogen and oxygen atoms in total. The second-order valence-electron chi connectivity index (χ2n) is 5.53. The number of nitrogens with zero attached hydrogens (tertiary/aromatic N) is 1. The van der Waals surface area contributed by atoms with Crippen molar-refractivity contribution in [2.45, 2.75) is 57.7 Å². The number of benzene rings is 1. The zero-order valence-corrected chi connectivity index (χ0v) is 11.9. The Morgan fingerprint density at radius 2 is 2.05 bits per heavy atom. The molecule has 0 spiro atoms. The summed E-state index contributed by atoms with van der Waals surface area (Å²) in [5.74, 6) is 0.112. The quantitative estimate of drug-likeness (QED) is 0.903. The van der Waals surface area contributed by atoms with Gasteiger partial charge in [0.1, 0.15) is 0 Å². The highest BCUT2D eigenvalue weighted by atomic mass is 16.2. The molecule has 3 heteroatoms. The monoisotopic (exact) mass is 260 g/mol. The fourth-order valence-electron chi connectivity index (χ4n) is 3.02. The number of nitrogens with two attached hydrogens (primary N) is 1. The number of rotatable bonds is 4. The molecule has 104 valence electrons. The van der Waals surface area contributed by atoms with Crippen LogP contribution >= 0.6 is 0 Å². The van der Waals surface area contributed by atoms with Crippen LogP contribution in [-0.2, 0) is 11.2 Å². The molecular weight excluding hydrogens is 236 g/mol. The minimum absolute atomic E-state index is 0.112. The molecule has 1 aliphatic rings. The predicted molar refractivity (Wildman–Crippen MR) is 77.7 cm³/mol. The van der Waals surface area contributed by atoms with Crippen molar-refractivity contribution in [1.82, 2.24) is 4.90 Å². The number of carbonyl (C=O) groups excluding carboxylic acids is 1. The van der Waals surface area contributed by atoms with Crippen LogP contribution in [0, 0.1) is 0 Å². The van der Waals surface area contributed by atoms with Crippen molar-refractivity contribution in [1.29, 1.82) is 0 Å². The summed E-state index contributed by atoms with van der Waals surface area (Å²) in [5.41, 5.74) is 7.25. The van der Waals surface area contributed by atoms with E-state index in [-0.39, 0.29) is 5.91 Å². The van der Waals surface area contributed by atoms with E-state index in [1.807, 2.05) is 35.2 Å². The van der Waals surface area contributed by atoms with E-state index >= 15 is 0 Å². The average molecular weight is 260 g/mol. The first kappa shape index (κ1) is 14.1. The van der Waals surface area contributed by atoms with Gasteiger partial charge in [0.25, 0.3) is 0 Å². The van der Waals surface area contributed by atoms with E-state index < -0.39 is 6.04 Å². The van der Waals surface area contributed by atoms with Crippen molar-refractivity contribution >= 4 is 5.91 Å². The van der Waals surface area contributed by atoms with E-state index in [1.54, 1.807) is 0 Å². The third-order valence-corrected chi connectivity index (χ3v) is 4.13. The Bertz CT molecular complexity index is 418. The van der Waals surface area contributed by atoms with Gasteiger partial charge in [-0.05, 0) is 38.2 Å². The summed E-state index contributed by atoms with van der Waals surface area (Å²) >= 11 is 0.